The van der Waals surface area contributed by atoms with Crippen LogP contribution in [0.15, 0.2) is 18.2 Å². The molecule has 1 amide bonds. The molecule has 1 heterocycles. The molecule has 22 heavy (non-hydrogen) atoms. The number of aliphatic hydroxyl groups excluding tert-OH is 1. The van der Waals surface area contributed by atoms with E-state index in [4.69, 9.17) is 0 Å². The average molecular weight is 310 g/mol. The fourth-order valence-corrected chi connectivity index (χ4v) is 3.46. The maximum absolute atomic E-state index is 13.2. The van der Waals surface area contributed by atoms with Crippen LogP contribution in [-0.2, 0) is 0 Å². The van der Waals surface area contributed by atoms with Crippen molar-refractivity contribution < 1.29 is 18.7 Å². The van der Waals surface area contributed by atoms with Gasteiger partial charge >= 0.3 is 0 Å². The molecule has 4 nitrogen and oxygen atoms in total. The topological polar surface area (TPSA) is 43.8 Å². The quantitative estimate of drug-likeness (QED) is 0.903. The number of carbonyl (C=O) groups excluding carboxylic acids is 1. The lowest BCUT2D eigenvalue weighted by Crippen LogP contribution is -2.53. The van der Waals surface area contributed by atoms with E-state index in [1.54, 1.807) is 4.90 Å². The first kappa shape index (κ1) is 15.4. The largest absolute Gasteiger partial charge is 0.391 e. The third-order valence-corrected chi connectivity index (χ3v) is 4.62. The Balaban J connectivity index is 1.62. The molecule has 1 aliphatic heterocycles. The lowest BCUT2D eigenvalue weighted by atomic mass is 10.1. The van der Waals surface area contributed by atoms with Gasteiger partial charge in [0.2, 0.25) is 0 Å². The van der Waals surface area contributed by atoms with Crippen LogP contribution in [0.1, 0.15) is 29.6 Å². The molecule has 0 bridgehead atoms. The molecule has 3 rings (SSSR count). The monoisotopic (exact) mass is 310 g/mol. The van der Waals surface area contributed by atoms with Crippen LogP contribution in [0.5, 0.6) is 0 Å². The zero-order valence-electron chi connectivity index (χ0n) is 12.3. The number of nitrogens with zero attached hydrogens (tertiary/aromatic N) is 2. The summed E-state index contributed by atoms with van der Waals surface area (Å²) in [7, 11) is 0. The molecule has 2 fully saturated rings. The number of aliphatic hydroxyl groups is 1. The van der Waals surface area contributed by atoms with Gasteiger partial charge in [-0.05, 0) is 31.4 Å². The molecule has 1 saturated carbocycles. The maximum Gasteiger partial charge on any atom is 0.254 e. The summed E-state index contributed by atoms with van der Waals surface area (Å²) in [5.74, 6) is -1.82. The highest BCUT2D eigenvalue weighted by Crippen LogP contribution is 2.25. The average Bonchev–Trinajstić information content (AvgIpc) is 2.92. The number of hydrogen-bond donors (Lipinski definition) is 1. The normalized spacial score (nSPS) is 26.4. The number of halogens is 2. The minimum Gasteiger partial charge on any atom is -0.391 e. The van der Waals surface area contributed by atoms with E-state index in [0.29, 0.717) is 26.2 Å². The Morgan fingerprint density at radius 3 is 2.23 bits per heavy atom. The molecular weight excluding hydrogens is 290 g/mol. The number of carbonyl (C=O) groups is 1. The van der Waals surface area contributed by atoms with Gasteiger partial charge in [-0.15, -0.1) is 0 Å². The number of amides is 1. The molecule has 1 aliphatic carbocycles. The molecule has 2 atom stereocenters. The van der Waals surface area contributed by atoms with E-state index in [0.717, 1.165) is 37.5 Å². The van der Waals surface area contributed by atoms with Crippen LogP contribution in [0.2, 0.25) is 0 Å². The number of benzene rings is 1. The van der Waals surface area contributed by atoms with Gasteiger partial charge in [0, 0.05) is 43.9 Å². The summed E-state index contributed by atoms with van der Waals surface area (Å²) < 4.78 is 26.4. The van der Waals surface area contributed by atoms with Gasteiger partial charge in [-0.3, -0.25) is 9.69 Å². The minimum atomic E-state index is -0.740. The molecule has 120 valence electrons. The second-order valence-corrected chi connectivity index (χ2v) is 6.05. The van der Waals surface area contributed by atoms with Crippen molar-refractivity contribution in [3.8, 4) is 0 Å². The summed E-state index contributed by atoms with van der Waals surface area (Å²) >= 11 is 0. The van der Waals surface area contributed by atoms with E-state index < -0.39 is 11.6 Å². The van der Waals surface area contributed by atoms with E-state index in [1.165, 1.54) is 0 Å². The summed E-state index contributed by atoms with van der Waals surface area (Å²) in [6.07, 6.45) is 2.59. The van der Waals surface area contributed by atoms with Crippen LogP contribution >= 0.6 is 0 Å². The summed E-state index contributed by atoms with van der Waals surface area (Å²) in [6.45, 7) is 2.40. The first-order valence-corrected chi connectivity index (χ1v) is 7.72. The zero-order chi connectivity index (χ0) is 15.7. The Morgan fingerprint density at radius 1 is 1.05 bits per heavy atom. The molecule has 0 radical (unpaired) electrons. The molecule has 0 unspecified atom stereocenters. The van der Waals surface area contributed by atoms with Crippen LogP contribution in [0.4, 0.5) is 8.78 Å². The van der Waals surface area contributed by atoms with E-state index in [1.807, 2.05) is 0 Å². The number of rotatable bonds is 2. The van der Waals surface area contributed by atoms with Crippen molar-refractivity contribution in [3.63, 3.8) is 0 Å². The predicted molar refractivity (Wildman–Crippen MR) is 77.5 cm³/mol. The van der Waals surface area contributed by atoms with Crippen LogP contribution < -0.4 is 0 Å². The highest BCUT2D eigenvalue weighted by Gasteiger charge is 2.33. The summed E-state index contributed by atoms with van der Waals surface area (Å²) in [6, 6.07) is 3.08. The van der Waals surface area contributed by atoms with Crippen molar-refractivity contribution >= 4 is 5.91 Å². The molecule has 1 aromatic rings. The number of piperazine rings is 1. The van der Waals surface area contributed by atoms with Crippen LogP contribution in [-0.4, -0.2) is 59.1 Å². The molecule has 1 saturated heterocycles. The zero-order valence-corrected chi connectivity index (χ0v) is 12.3. The third kappa shape index (κ3) is 3.13. The third-order valence-electron chi connectivity index (χ3n) is 4.62. The van der Waals surface area contributed by atoms with Gasteiger partial charge in [0.15, 0.2) is 0 Å². The highest BCUT2D eigenvalue weighted by molar-refractivity contribution is 5.94. The van der Waals surface area contributed by atoms with Gasteiger partial charge in [0.25, 0.3) is 5.91 Å². The predicted octanol–water partition coefficient (Wildman–Crippen LogP) is 1.64. The molecule has 6 heteroatoms. The lowest BCUT2D eigenvalue weighted by molar-refractivity contribution is 0.0315. The van der Waals surface area contributed by atoms with E-state index in [9.17, 15) is 18.7 Å². The molecule has 0 aromatic heterocycles. The van der Waals surface area contributed by atoms with Crippen molar-refractivity contribution in [2.45, 2.75) is 31.4 Å². The summed E-state index contributed by atoms with van der Waals surface area (Å²) in [5, 5.41) is 9.95. The van der Waals surface area contributed by atoms with Gasteiger partial charge in [-0.2, -0.15) is 0 Å². The van der Waals surface area contributed by atoms with E-state index in [-0.39, 0.29) is 23.6 Å². The lowest BCUT2D eigenvalue weighted by Gasteiger charge is -2.39. The second-order valence-electron chi connectivity index (χ2n) is 6.05. The summed E-state index contributed by atoms with van der Waals surface area (Å²) in [5.41, 5.74) is 0.0480. The Hall–Kier alpha value is -1.53. The van der Waals surface area contributed by atoms with Gasteiger partial charge in [-0.25, -0.2) is 8.78 Å². The fourth-order valence-electron chi connectivity index (χ4n) is 3.46. The van der Waals surface area contributed by atoms with Gasteiger partial charge < -0.3 is 10.0 Å². The van der Waals surface area contributed by atoms with Crippen molar-refractivity contribution in [2.75, 3.05) is 26.2 Å². The van der Waals surface area contributed by atoms with Crippen molar-refractivity contribution in [1.82, 2.24) is 9.80 Å². The standard InChI is InChI=1S/C16H20F2N2O2/c17-12-8-11(9-13(18)10-12)16(22)20-6-4-19(5-7-20)14-2-1-3-15(14)21/h8-10,14-15,21H,1-7H2/t14-,15-/m0/s1. The smallest absolute Gasteiger partial charge is 0.254 e. The molecule has 1 aromatic carbocycles. The molecule has 0 spiro atoms. The first-order valence-electron chi connectivity index (χ1n) is 7.72. The van der Waals surface area contributed by atoms with Gasteiger partial charge in [0.05, 0.1) is 6.10 Å². The Labute approximate surface area is 128 Å². The van der Waals surface area contributed by atoms with E-state index >= 15 is 0 Å². The minimum absolute atomic E-state index is 0.0480. The Kier molecular flexibility index (Phi) is 4.40. The SMILES string of the molecule is O=C(c1cc(F)cc(F)c1)N1CCN([C@H]2CCC[C@@H]2O)CC1. The first-order chi connectivity index (χ1) is 10.5. The fraction of sp³-hybridized carbons (Fsp3) is 0.562. The highest BCUT2D eigenvalue weighted by atomic mass is 19.1. The maximum atomic E-state index is 13.2. The van der Waals surface area contributed by atoms with E-state index in [2.05, 4.69) is 4.90 Å². The van der Waals surface area contributed by atoms with Gasteiger partial charge in [0.1, 0.15) is 11.6 Å². The molecule has 1 N–H and O–H groups in total. The van der Waals surface area contributed by atoms with Crippen molar-refractivity contribution in [1.29, 1.82) is 0 Å². The molecule has 2 aliphatic rings. The van der Waals surface area contributed by atoms with Gasteiger partial charge in [-0.1, -0.05) is 0 Å². The Bertz CT molecular complexity index is 539. The van der Waals surface area contributed by atoms with Crippen molar-refractivity contribution in [2.24, 2.45) is 0 Å². The second kappa shape index (κ2) is 6.30. The van der Waals surface area contributed by atoms with Crippen LogP contribution in [0.3, 0.4) is 0 Å². The Morgan fingerprint density at radius 2 is 1.68 bits per heavy atom. The van der Waals surface area contributed by atoms with Crippen LogP contribution in [0.25, 0.3) is 0 Å². The molecular formula is C16H20F2N2O2. The van der Waals surface area contributed by atoms with Crippen molar-refractivity contribution in [3.05, 3.63) is 35.4 Å². The number of hydrogen-bond acceptors (Lipinski definition) is 3. The van der Waals surface area contributed by atoms with Crippen LogP contribution in [0, 0.1) is 11.6 Å². The summed E-state index contributed by atoms with van der Waals surface area (Å²) in [4.78, 5) is 16.2.